The van der Waals surface area contributed by atoms with Gasteiger partial charge in [-0.25, -0.2) is 4.79 Å². The Morgan fingerprint density at radius 3 is 2.92 bits per heavy atom. The van der Waals surface area contributed by atoms with E-state index in [0.29, 0.717) is 19.5 Å². The number of nitrogens with one attached hydrogen (secondary N) is 3. The number of H-pyrrole nitrogens is 1. The predicted octanol–water partition coefficient (Wildman–Crippen LogP) is 1.21. The number of amides is 1. The Hall–Kier alpha value is -2.34. The van der Waals surface area contributed by atoms with Crippen LogP contribution < -0.4 is 10.6 Å². The zero-order chi connectivity index (χ0) is 16.7. The topological polar surface area (TPSA) is 83.2 Å². The van der Waals surface area contributed by atoms with Gasteiger partial charge in [-0.2, -0.15) is 0 Å². The molecule has 0 radical (unpaired) electrons. The molecule has 3 N–H and O–H groups in total. The first kappa shape index (κ1) is 15.2. The number of benzene rings is 1. The average molecular weight is 327 g/mol. The largest absolute Gasteiger partial charge is 0.467 e. The van der Waals surface area contributed by atoms with Crippen molar-refractivity contribution in [3.05, 3.63) is 35.5 Å². The Kier molecular flexibility index (Phi) is 3.57. The number of aromatic nitrogens is 1. The van der Waals surface area contributed by atoms with Crippen LogP contribution in [0.15, 0.2) is 24.3 Å². The molecule has 1 amide bonds. The maximum absolute atomic E-state index is 12.9. The van der Waals surface area contributed by atoms with E-state index in [1.54, 1.807) is 0 Å². The number of methoxy groups -OCH3 is 1. The van der Waals surface area contributed by atoms with Gasteiger partial charge in [-0.3, -0.25) is 10.1 Å². The van der Waals surface area contributed by atoms with Gasteiger partial charge in [0, 0.05) is 24.0 Å². The molecule has 1 saturated heterocycles. The van der Waals surface area contributed by atoms with Crippen molar-refractivity contribution in [1.82, 2.24) is 15.6 Å². The summed E-state index contributed by atoms with van der Waals surface area (Å²) in [5, 5.41) is 7.34. The van der Waals surface area contributed by atoms with Gasteiger partial charge in [-0.1, -0.05) is 18.2 Å². The second-order valence-corrected chi connectivity index (χ2v) is 6.49. The number of esters is 1. The van der Waals surface area contributed by atoms with E-state index in [1.165, 1.54) is 7.11 Å². The lowest BCUT2D eigenvalue weighted by Gasteiger charge is -2.42. The van der Waals surface area contributed by atoms with Crippen LogP contribution in [-0.2, 0) is 26.3 Å². The summed E-state index contributed by atoms with van der Waals surface area (Å²) in [6.07, 6.45) is 2.32. The SMILES string of the molecule is COC(=O)[C@]1([C@H]2CCCNC2=O)NCCc2c1[nH]c1ccccc21. The molecule has 6 nitrogen and oxygen atoms in total. The second kappa shape index (κ2) is 5.63. The molecule has 6 heteroatoms. The Balaban J connectivity index is 1.96. The van der Waals surface area contributed by atoms with E-state index < -0.39 is 17.4 Å². The Bertz CT molecular complexity index is 813. The van der Waals surface area contributed by atoms with E-state index in [1.807, 2.05) is 18.2 Å². The minimum Gasteiger partial charge on any atom is -0.467 e. The number of para-hydroxylation sites is 1. The fourth-order valence-electron chi connectivity index (χ4n) is 4.23. The third-order valence-electron chi connectivity index (χ3n) is 5.30. The highest BCUT2D eigenvalue weighted by atomic mass is 16.5. The summed E-state index contributed by atoms with van der Waals surface area (Å²) in [6.45, 7) is 1.29. The summed E-state index contributed by atoms with van der Waals surface area (Å²) in [6, 6.07) is 8.01. The van der Waals surface area contributed by atoms with Crippen molar-refractivity contribution in [2.24, 2.45) is 5.92 Å². The van der Waals surface area contributed by atoms with Crippen molar-refractivity contribution in [2.45, 2.75) is 24.8 Å². The van der Waals surface area contributed by atoms with Crippen LogP contribution in [0.3, 0.4) is 0 Å². The molecule has 126 valence electrons. The lowest BCUT2D eigenvalue weighted by molar-refractivity contribution is -0.157. The molecular formula is C18H21N3O3. The van der Waals surface area contributed by atoms with E-state index >= 15 is 0 Å². The molecule has 0 aliphatic carbocycles. The number of hydrogen-bond acceptors (Lipinski definition) is 4. The van der Waals surface area contributed by atoms with Crippen molar-refractivity contribution in [3.8, 4) is 0 Å². The van der Waals surface area contributed by atoms with Gasteiger partial charge in [0.25, 0.3) is 0 Å². The van der Waals surface area contributed by atoms with Crippen LogP contribution in [0, 0.1) is 5.92 Å². The molecule has 0 saturated carbocycles. The van der Waals surface area contributed by atoms with Crippen LogP contribution in [0.2, 0.25) is 0 Å². The fourth-order valence-corrected chi connectivity index (χ4v) is 4.23. The molecule has 1 fully saturated rings. The third kappa shape index (κ3) is 1.99. The number of carbonyl (C=O) groups excluding carboxylic acids is 2. The van der Waals surface area contributed by atoms with E-state index in [-0.39, 0.29) is 5.91 Å². The van der Waals surface area contributed by atoms with Gasteiger partial charge in [0.15, 0.2) is 5.54 Å². The monoisotopic (exact) mass is 327 g/mol. The van der Waals surface area contributed by atoms with Crippen LogP contribution in [0.1, 0.15) is 24.1 Å². The lowest BCUT2D eigenvalue weighted by Crippen LogP contribution is -2.62. The third-order valence-corrected chi connectivity index (χ3v) is 5.30. The number of fused-ring (bicyclic) bond motifs is 3. The first-order chi connectivity index (χ1) is 11.7. The van der Waals surface area contributed by atoms with E-state index in [4.69, 9.17) is 4.74 Å². The van der Waals surface area contributed by atoms with Gasteiger partial charge in [0.1, 0.15) is 0 Å². The van der Waals surface area contributed by atoms with Crippen molar-refractivity contribution < 1.29 is 14.3 Å². The van der Waals surface area contributed by atoms with Crippen LogP contribution in [0.4, 0.5) is 0 Å². The Morgan fingerprint density at radius 1 is 1.29 bits per heavy atom. The summed E-state index contributed by atoms with van der Waals surface area (Å²) in [7, 11) is 1.38. The highest BCUT2D eigenvalue weighted by Crippen LogP contribution is 2.41. The van der Waals surface area contributed by atoms with Gasteiger partial charge in [-0.05, 0) is 30.9 Å². The first-order valence-electron chi connectivity index (χ1n) is 8.39. The predicted molar refractivity (Wildman–Crippen MR) is 89.4 cm³/mol. The highest BCUT2D eigenvalue weighted by Gasteiger charge is 2.55. The normalized spacial score (nSPS) is 26.7. The number of carbonyl (C=O) groups is 2. The molecular weight excluding hydrogens is 306 g/mol. The quantitative estimate of drug-likeness (QED) is 0.724. The smallest absolute Gasteiger partial charge is 0.333 e. The van der Waals surface area contributed by atoms with Gasteiger partial charge in [0.2, 0.25) is 5.91 Å². The van der Waals surface area contributed by atoms with Gasteiger partial charge < -0.3 is 15.0 Å². The summed E-state index contributed by atoms with van der Waals surface area (Å²) in [4.78, 5) is 28.9. The molecule has 1 aromatic carbocycles. The first-order valence-corrected chi connectivity index (χ1v) is 8.39. The molecule has 2 aliphatic heterocycles. The average Bonchev–Trinajstić information content (AvgIpc) is 3.00. The second-order valence-electron chi connectivity index (χ2n) is 6.49. The molecule has 0 bridgehead atoms. The summed E-state index contributed by atoms with van der Waals surface area (Å²) < 4.78 is 5.15. The van der Waals surface area contributed by atoms with Crippen LogP contribution in [-0.4, -0.2) is 37.1 Å². The number of aromatic amines is 1. The summed E-state index contributed by atoms with van der Waals surface area (Å²) >= 11 is 0. The van der Waals surface area contributed by atoms with Gasteiger partial charge in [0.05, 0.1) is 18.7 Å². The van der Waals surface area contributed by atoms with Crippen molar-refractivity contribution >= 4 is 22.8 Å². The van der Waals surface area contributed by atoms with E-state index in [0.717, 1.165) is 35.0 Å². The number of rotatable bonds is 2. The number of hydrogen-bond donors (Lipinski definition) is 3. The van der Waals surface area contributed by atoms with E-state index in [2.05, 4.69) is 21.7 Å². The van der Waals surface area contributed by atoms with Crippen LogP contribution >= 0.6 is 0 Å². The zero-order valence-electron chi connectivity index (χ0n) is 13.6. The number of ether oxygens (including phenoxy) is 1. The van der Waals surface area contributed by atoms with Crippen molar-refractivity contribution in [3.63, 3.8) is 0 Å². The maximum Gasteiger partial charge on any atom is 0.333 e. The molecule has 2 aliphatic rings. The van der Waals surface area contributed by atoms with Crippen molar-refractivity contribution in [1.29, 1.82) is 0 Å². The van der Waals surface area contributed by atoms with Crippen molar-refractivity contribution in [2.75, 3.05) is 20.2 Å². The highest BCUT2D eigenvalue weighted by molar-refractivity contribution is 5.95. The maximum atomic E-state index is 12.9. The Morgan fingerprint density at radius 2 is 2.12 bits per heavy atom. The molecule has 2 atom stereocenters. The lowest BCUT2D eigenvalue weighted by atomic mass is 9.73. The van der Waals surface area contributed by atoms with Gasteiger partial charge >= 0.3 is 5.97 Å². The molecule has 0 spiro atoms. The minimum atomic E-state index is -1.15. The molecule has 2 aromatic rings. The Labute approximate surface area is 139 Å². The minimum absolute atomic E-state index is 0.0920. The molecule has 3 heterocycles. The molecule has 0 unspecified atom stereocenters. The van der Waals surface area contributed by atoms with Crippen LogP contribution in [0.5, 0.6) is 0 Å². The molecule has 24 heavy (non-hydrogen) atoms. The van der Waals surface area contributed by atoms with Gasteiger partial charge in [-0.15, -0.1) is 0 Å². The molecule has 4 rings (SSSR count). The zero-order valence-corrected chi connectivity index (χ0v) is 13.6. The van der Waals surface area contributed by atoms with Crippen LogP contribution in [0.25, 0.3) is 10.9 Å². The fraction of sp³-hybridized carbons (Fsp3) is 0.444. The summed E-state index contributed by atoms with van der Waals surface area (Å²) in [5.74, 6) is -0.978. The van der Waals surface area contributed by atoms with E-state index in [9.17, 15) is 9.59 Å². The molecule has 1 aromatic heterocycles. The standard InChI is InChI=1S/C18H21N3O3/c1-24-17(23)18(13-6-4-9-19-16(13)22)15-12(8-10-20-18)11-5-2-3-7-14(11)21-15/h2-3,5,7,13,20-21H,4,6,8-10H2,1H3,(H,19,22)/t13-,18+/m0/s1. The summed E-state index contributed by atoms with van der Waals surface area (Å²) in [5.41, 5.74) is 1.72. The number of piperidine rings is 1.